The van der Waals surface area contributed by atoms with E-state index in [0.717, 1.165) is 13.0 Å². The molecule has 2 atom stereocenters. The molecule has 1 aliphatic rings. The molecule has 1 fully saturated rings. The minimum Gasteiger partial charge on any atom is -0.345 e. The number of amides is 1. The maximum atomic E-state index is 12.0. The van der Waals surface area contributed by atoms with Gasteiger partial charge in [0.1, 0.15) is 0 Å². The van der Waals surface area contributed by atoms with Crippen molar-refractivity contribution in [3.8, 4) is 0 Å². The van der Waals surface area contributed by atoms with Crippen molar-refractivity contribution in [2.45, 2.75) is 59.0 Å². The van der Waals surface area contributed by atoms with E-state index in [9.17, 15) is 9.59 Å². The number of nitrogens with zero attached hydrogens (tertiary/aromatic N) is 1. The van der Waals surface area contributed by atoms with Gasteiger partial charge in [0.2, 0.25) is 5.91 Å². The SMILES string of the molecule is CCC1CCCN1CC(=O)NC(C(C)=O)C(C)C. The summed E-state index contributed by atoms with van der Waals surface area (Å²) in [5.74, 6) is 0.156. The van der Waals surface area contributed by atoms with E-state index in [4.69, 9.17) is 0 Å². The molecule has 0 aromatic rings. The third kappa shape index (κ3) is 4.09. The second-order valence-electron chi connectivity index (χ2n) is 5.57. The molecule has 0 bridgehead atoms. The van der Waals surface area contributed by atoms with Gasteiger partial charge in [0.15, 0.2) is 5.78 Å². The van der Waals surface area contributed by atoms with E-state index < -0.39 is 0 Å². The molecule has 0 spiro atoms. The molecule has 1 heterocycles. The minimum absolute atomic E-state index is 0.0238. The summed E-state index contributed by atoms with van der Waals surface area (Å²) >= 11 is 0. The third-order valence-electron chi connectivity index (χ3n) is 3.74. The van der Waals surface area contributed by atoms with Gasteiger partial charge in [-0.25, -0.2) is 0 Å². The highest BCUT2D eigenvalue weighted by molar-refractivity contribution is 5.88. The molecule has 4 nitrogen and oxygen atoms in total. The van der Waals surface area contributed by atoms with Gasteiger partial charge in [-0.1, -0.05) is 20.8 Å². The Morgan fingerprint density at radius 2 is 2.06 bits per heavy atom. The van der Waals surface area contributed by atoms with Crippen molar-refractivity contribution in [2.75, 3.05) is 13.1 Å². The van der Waals surface area contributed by atoms with E-state index in [0.29, 0.717) is 12.6 Å². The largest absolute Gasteiger partial charge is 0.345 e. The first-order valence-electron chi connectivity index (χ1n) is 6.99. The average molecular weight is 254 g/mol. The molecular weight excluding hydrogens is 228 g/mol. The van der Waals surface area contributed by atoms with E-state index in [2.05, 4.69) is 17.1 Å². The lowest BCUT2D eigenvalue weighted by Gasteiger charge is -2.25. The Bertz CT molecular complexity index is 302. The van der Waals surface area contributed by atoms with Gasteiger partial charge in [0, 0.05) is 6.04 Å². The first kappa shape index (κ1) is 15.2. The number of rotatable bonds is 6. The van der Waals surface area contributed by atoms with Crippen LogP contribution in [-0.2, 0) is 9.59 Å². The molecule has 1 saturated heterocycles. The van der Waals surface area contributed by atoms with Crippen molar-refractivity contribution < 1.29 is 9.59 Å². The lowest BCUT2D eigenvalue weighted by molar-refractivity contribution is -0.128. The number of hydrogen-bond acceptors (Lipinski definition) is 3. The van der Waals surface area contributed by atoms with Crippen LogP contribution in [0.25, 0.3) is 0 Å². The van der Waals surface area contributed by atoms with Gasteiger partial charge in [-0.2, -0.15) is 0 Å². The average Bonchev–Trinajstić information content (AvgIpc) is 2.72. The number of nitrogens with one attached hydrogen (secondary N) is 1. The molecule has 0 aromatic carbocycles. The maximum Gasteiger partial charge on any atom is 0.234 e. The molecule has 1 N–H and O–H groups in total. The monoisotopic (exact) mass is 254 g/mol. The number of carbonyl (C=O) groups excluding carboxylic acids is 2. The van der Waals surface area contributed by atoms with Crippen LogP contribution in [0.15, 0.2) is 0 Å². The second kappa shape index (κ2) is 6.88. The standard InChI is InChI=1S/C14H26N2O2/c1-5-12-7-6-8-16(12)9-13(18)15-14(10(2)3)11(4)17/h10,12,14H,5-9H2,1-4H3,(H,15,18). The normalized spacial score (nSPS) is 22.2. The van der Waals surface area contributed by atoms with Crippen LogP contribution in [-0.4, -0.2) is 41.8 Å². The van der Waals surface area contributed by atoms with E-state index in [1.165, 1.54) is 19.8 Å². The molecule has 1 aliphatic heterocycles. The fourth-order valence-corrected chi connectivity index (χ4v) is 2.71. The van der Waals surface area contributed by atoms with Crippen LogP contribution < -0.4 is 5.32 Å². The summed E-state index contributed by atoms with van der Waals surface area (Å²) in [6.45, 7) is 9.03. The first-order valence-corrected chi connectivity index (χ1v) is 6.99. The highest BCUT2D eigenvalue weighted by Gasteiger charge is 2.26. The summed E-state index contributed by atoms with van der Waals surface area (Å²) in [4.78, 5) is 25.7. The zero-order valence-electron chi connectivity index (χ0n) is 12.0. The van der Waals surface area contributed by atoms with Crippen LogP contribution in [0, 0.1) is 5.92 Å². The van der Waals surface area contributed by atoms with Crippen LogP contribution in [0.3, 0.4) is 0 Å². The van der Waals surface area contributed by atoms with E-state index in [-0.39, 0.29) is 23.7 Å². The molecule has 18 heavy (non-hydrogen) atoms. The fourth-order valence-electron chi connectivity index (χ4n) is 2.71. The maximum absolute atomic E-state index is 12.0. The quantitative estimate of drug-likeness (QED) is 0.783. The van der Waals surface area contributed by atoms with Crippen molar-refractivity contribution in [1.82, 2.24) is 10.2 Å². The van der Waals surface area contributed by atoms with Gasteiger partial charge in [-0.15, -0.1) is 0 Å². The topological polar surface area (TPSA) is 49.4 Å². The third-order valence-corrected chi connectivity index (χ3v) is 3.74. The van der Waals surface area contributed by atoms with Gasteiger partial charge < -0.3 is 5.32 Å². The summed E-state index contributed by atoms with van der Waals surface area (Å²) in [5.41, 5.74) is 0. The van der Waals surface area contributed by atoms with Crippen LogP contribution in [0.2, 0.25) is 0 Å². The summed E-state index contributed by atoms with van der Waals surface area (Å²) < 4.78 is 0. The molecule has 0 saturated carbocycles. The second-order valence-corrected chi connectivity index (χ2v) is 5.57. The van der Waals surface area contributed by atoms with E-state index >= 15 is 0 Å². The Hall–Kier alpha value is -0.900. The summed E-state index contributed by atoms with van der Waals surface area (Å²) in [5, 5.41) is 2.86. The molecule has 4 heteroatoms. The molecule has 104 valence electrons. The van der Waals surface area contributed by atoms with Crippen molar-refractivity contribution in [2.24, 2.45) is 5.92 Å². The van der Waals surface area contributed by atoms with Crippen molar-refractivity contribution in [3.05, 3.63) is 0 Å². The zero-order valence-corrected chi connectivity index (χ0v) is 12.0. The van der Waals surface area contributed by atoms with Gasteiger partial charge in [0.05, 0.1) is 12.6 Å². The number of hydrogen-bond donors (Lipinski definition) is 1. The Kier molecular flexibility index (Phi) is 5.79. The Labute approximate surface area is 110 Å². The van der Waals surface area contributed by atoms with Crippen LogP contribution in [0.1, 0.15) is 47.0 Å². The molecule has 0 radical (unpaired) electrons. The highest BCUT2D eigenvalue weighted by Crippen LogP contribution is 2.19. The molecule has 0 aromatic heterocycles. The number of likely N-dealkylation sites (tertiary alicyclic amines) is 1. The lowest BCUT2D eigenvalue weighted by Crippen LogP contribution is -2.48. The Morgan fingerprint density at radius 3 is 2.56 bits per heavy atom. The lowest BCUT2D eigenvalue weighted by atomic mass is 10.0. The van der Waals surface area contributed by atoms with Crippen molar-refractivity contribution >= 4 is 11.7 Å². The molecule has 2 unspecified atom stereocenters. The van der Waals surface area contributed by atoms with Crippen LogP contribution >= 0.6 is 0 Å². The Morgan fingerprint density at radius 1 is 1.39 bits per heavy atom. The molecule has 0 aliphatic carbocycles. The van der Waals surface area contributed by atoms with Crippen LogP contribution in [0.5, 0.6) is 0 Å². The smallest absolute Gasteiger partial charge is 0.234 e. The van der Waals surface area contributed by atoms with Gasteiger partial charge in [0.25, 0.3) is 0 Å². The van der Waals surface area contributed by atoms with Crippen molar-refractivity contribution in [1.29, 1.82) is 0 Å². The Balaban J connectivity index is 2.47. The summed E-state index contributed by atoms with van der Waals surface area (Å²) in [7, 11) is 0. The van der Waals surface area contributed by atoms with Gasteiger partial charge >= 0.3 is 0 Å². The predicted molar refractivity (Wildman–Crippen MR) is 72.3 cm³/mol. The zero-order chi connectivity index (χ0) is 13.7. The first-order chi connectivity index (χ1) is 8.45. The number of carbonyl (C=O) groups is 2. The number of Topliss-reactive ketones (excluding diaryl/α,β-unsaturated/α-hetero) is 1. The molecule has 1 rings (SSSR count). The van der Waals surface area contributed by atoms with Gasteiger partial charge in [-0.05, 0) is 38.6 Å². The minimum atomic E-state index is -0.347. The fraction of sp³-hybridized carbons (Fsp3) is 0.857. The summed E-state index contributed by atoms with van der Waals surface area (Å²) in [6, 6.07) is 0.186. The highest BCUT2D eigenvalue weighted by atomic mass is 16.2. The van der Waals surface area contributed by atoms with Crippen molar-refractivity contribution in [3.63, 3.8) is 0 Å². The molecule has 1 amide bonds. The summed E-state index contributed by atoms with van der Waals surface area (Å²) in [6.07, 6.45) is 3.45. The van der Waals surface area contributed by atoms with E-state index in [1.54, 1.807) is 0 Å². The number of ketones is 1. The van der Waals surface area contributed by atoms with Gasteiger partial charge in [-0.3, -0.25) is 14.5 Å². The van der Waals surface area contributed by atoms with Crippen LogP contribution in [0.4, 0.5) is 0 Å². The molecular formula is C14H26N2O2. The van der Waals surface area contributed by atoms with E-state index in [1.807, 2.05) is 13.8 Å². The predicted octanol–water partition coefficient (Wildman–Crippen LogP) is 1.59.